The van der Waals surface area contributed by atoms with E-state index in [4.69, 9.17) is 0 Å². The van der Waals surface area contributed by atoms with Crippen molar-refractivity contribution in [2.24, 2.45) is 0 Å². The Hall–Kier alpha value is -2.65. The Kier molecular flexibility index (Phi) is 5.10. The van der Waals surface area contributed by atoms with Crippen LogP contribution < -0.4 is 5.32 Å². The van der Waals surface area contributed by atoms with Crippen molar-refractivity contribution in [3.63, 3.8) is 0 Å². The molecule has 0 aliphatic rings. The standard InChI is InChI=1S/C17H11BrFN3O3S/c1-9-2-3-10(6-15(9)22(24)25)14-8-26-17(20-14)21-16(23)12-7-11(18)4-5-13(12)19/h2-8H,1H3,(H,20,21,23). The molecule has 0 spiro atoms. The van der Waals surface area contributed by atoms with Crippen LogP contribution in [0.1, 0.15) is 15.9 Å². The number of hydrogen-bond acceptors (Lipinski definition) is 5. The van der Waals surface area contributed by atoms with Crippen molar-refractivity contribution < 1.29 is 14.1 Å². The molecule has 0 atom stereocenters. The highest BCUT2D eigenvalue weighted by Crippen LogP contribution is 2.29. The first-order chi connectivity index (χ1) is 12.3. The average molecular weight is 436 g/mol. The molecule has 0 saturated carbocycles. The number of thiazole rings is 1. The van der Waals surface area contributed by atoms with Gasteiger partial charge in [-0.25, -0.2) is 9.37 Å². The van der Waals surface area contributed by atoms with Crippen LogP contribution in [0.4, 0.5) is 15.2 Å². The van der Waals surface area contributed by atoms with Crippen LogP contribution in [-0.2, 0) is 0 Å². The van der Waals surface area contributed by atoms with Crippen molar-refractivity contribution in [2.45, 2.75) is 6.92 Å². The third-order valence-electron chi connectivity index (χ3n) is 3.60. The number of halogens is 2. The van der Waals surface area contributed by atoms with Crippen molar-refractivity contribution in [3.8, 4) is 11.3 Å². The van der Waals surface area contributed by atoms with Crippen LogP contribution in [-0.4, -0.2) is 15.8 Å². The number of nitro benzene ring substituents is 1. The second-order valence-electron chi connectivity index (χ2n) is 5.37. The van der Waals surface area contributed by atoms with Gasteiger partial charge in [0.2, 0.25) is 0 Å². The van der Waals surface area contributed by atoms with Crippen LogP contribution in [0.5, 0.6) is 0 Å². The SMILES string of the molecule is Cc1ccc(-c2csc(NC(=O)c3cc(Br)ccc3F)n2)cc1[N+](=O)[O-]. The molecule has 132 valence electrons. The molecule has 0 bridgehead atoms. The summed E-state index contributed by atoms with van der Waals surface area (Å²) < 4.78 is 14.4. The van der Waals surface area contributed by atoms with Gasteiger partial charge in [-0.3, -0.25) is 20.2 Å². The molecule has 1 N–H and O–H groups in total. The van der Waals surface area contributed by atoms with Gasteiger partial charge in [0.15, 0.2) is 5.13 Å². The largest absolute Gasteiger partial charge is 0.298 e. The zero-order valence-electron chi connectivity index (χ0n) is 13.3. The molecule has 0 unspecified atom stereocenters. The number of hydrogen-bond donors (Lipinski definition) is 1. The van der Waals surface area contributed by atoms with E-state index in [0.29, 0.717) is 21.3 Å². The molecule has 0 aliphatic heterocycles. The summed E-state index contributed by atoms with van der Waals surface area (Å²) in [5.74, 6) is -1.27. The molecule has 0 fully saturated rings. The number of carbonyl (C=O) groups excluding carboxylic acids is 1. The number of amides is 1. The molecule has 0 saturated heterocycles. The lowest BCUT2D eigenvalue weighted by Gasteiger charge is -2.04. The van der Waals surface area contributed by atoms with Crippen molar-refractivity contribution in [1.82, 2.24) is 4.98 Å². The quantitative estimate of drug-likeness (QED) is 0.451. The van der Waals surface area contributed by atoms with E-state index in [2.05, 4.69) is 26.2 Å². The number of aromatic nitrogens is 1. The highest BCUT2D eigenvalue weighted by atomic mass is 79.9. The predicted molar refractivity (Wildman–Crippen MR) is 101 cm³/mol. The topological polar surface area (TPSA) is 85.1 Å². The van der Waals surface area contributed by atoms with Gasteiger partial charge in [0.1, 0.15) is 5.82 Å². The molecule has 1 amide bonds. The number of nitrogens with one attached hydrogen (secondary N) is 1. The van der Waals surface area contributed by atoms with E-state index in [1.807, 2.05) is 0 Å². The van der Waals surface area contributed by atoms with E-state index in [-0.39, 0.29) is 16.4 Å². The third-order valence-corrected chi connectivity index (χ3v) is 4.85. The van der Waals surface area contributed by atoms with Crippen molar-refractivity contribution in [1.29, 1.82) is 0 Å². The lowest BCUT2D eigenvalue weighted by Crippen LogP contribution is -2.13. The highest BCUT2D eigenvalue weighted by Gasteiger charge is 2.16. The maximum Gasteiger partial charge on any atom is 0.272 e. The summed E-state index contributed by atoms with van der Waals surface area (Å²) in [4.78, 5) is 27.1. The zero-order chi connectivity index (χ0) is 18.8. The second kappa shape index (κ2) is 7.30. The molecular weight excluding hydrogens is 425 g/mol. The fourth-order valence-electron chi connectivity index (χ4n) is 2.27. The molecular formula is C17H11BrFN3O3S. The third kappa shape index (κ3) is 3.78. The number of nitro groups is 1. The lowest BCUT2D eigenvalue weighted by atomic mass is 10.1. The molecule has 9 heteroatoms. The molecule has 3 aromatic rings. The Morgan fingerprint density at radius 2 is 2.08 bits per heavy atom. The number of nitrogens with zero attached hydrogens (tertiary/aromatic N) is 2. The predicted octanol–water partition coefficient (Wildman–Crippen LogP) is 5.18. The Morgan fingerprint density at radius 3 is 2.81 bits per heavy atom. The van der Waals surface area contributed by atoms with Crippen molar-refractivity contribution in [3.05, 3.63) is 73.3 Å². The van der Waals surface area contributed by atoms with Gasteiger partial charge in [-0.15, -0.1) is 11.3 Å². The van der Waals surface area contributed by atoms with Crippen LogP contribution in [0.2, 0.25) is 0 Å². The van der Waals surface area contributed by atoms with Crippen molar-refractivity contribution in [2.75, 3.05) is 5.32 Å². The Labute approximate surface area is 160 Å². The van der Waals surface area contributed by atoms with Gasteiger partial charge in [0, 0.05) is 27.0 Å². The molecule has 0 aliphatic carbocycles. The number of anilines is 1. The highest BCUT2D eigenvalue weighted by molar-refractivity contribution is 9.10. The van der Waals surface area contributed by atoms with Crippen LogP contribution in [0.25, 0.3) is 11.3 Å². The molecule has 0 radical (unpaired) electrons. The van der Waals surface area contributed by atoms with Gasteiger partial charge in [-0.2, -0.15) is 0 Å². The van der Waals surface area contributed by atoms with E-state index >= 15 is 0 Å². The average Bonchev–Trinajstić information content (AvgIpc) is 3.05. The second-order valence-corrected chi connectivity index (χ2v) is 7.15. The van der Waals surface area contributed by atoms with E-state index in [1.165, 1.54) is 24.3 Å². The fraction of sp³-hybridized carbons (Fsp3) is 0.0588. The van der Waals surface area contributed by atoms with Gasteiger partial charge >= 0.3 is 0 Å². The number of aryl methyl sites for hydroxylation is 1. The summed E-state index contributed by atoms with van der Waals surface area (Å²) in [5, 5.41) is 15.5. The first kappa shape index (κ1) is 18.2. The monoisotopic (exact) mass is 435 g/mol. The first-order valence-corrected chi connectivity index (χ1v) is 9.00. The molecule has 2 aromatic carbocycles. The minimum atomic E-state index is -0.642. The normalized spacial score (nSPS) is 10.6. The fourth-order valence-corrected chi connectivity index (χ4v) is 3.34. The summed E-state index contributed by atoms with van der Waals surface area (Å²) in [6.07, 6.45) is 0. The smallest absolute Gasteiger partial charge is 0.272 e. The maximum atomic E-state index is 13.8. The van der Waals surface area contributed by atoms with Gasteiger partial charge in [0.25, 0.3) is 11.6 Å². The molecule has 3 rings (SSSR count). The molecule has 1 aromatic heterocycles. The summed E-state index contributed by atoms with van der Waals surface area (Å²) in [6.45, 7) is 1.65. The molecule has 26 heavy (non-hydrogen) atoms. The van der Waals surface area contributed by atoms with Gasteiger partial charge in [0.05, 0.1) is 16.2 Å². The number of benzene rings is 2. The lowest BCUT2D eigenvalue weighted by molar-refractivity contribution is -0.385. The summed E-state index contributed by atoms with van der Waals surface area (Å²) in [7, 11) is 0. The van der Waals surface area contributed by atoms with E-state index in [9.17, 15) is 19.3 Å². The van der Waals surface area contributed by atoms with E-state index < -0.39 is 16.6 Å². The van der Waals surface area contributed by atoms with Crippen LogP contribution in [0.3, 0.4) is 0 Å². The molecule has 6 nitrogen and oxygen atoms in total. The first-order valence-electron chi connectivity index (χ1n) is 7.32. The Bertz CT molecular complexity index is 1020. The number of rotatable bonds is 4. The zero-order valence-corrected chi connectivity index (χ0v) is 15.7. The van der Waals surface area contributed by atoms with Crippen LogP contribution >= 0.6 is 27.3 Å². The van der Waals surface area contributed by atoms with Gasteiger partial charge < -0.3 is 0 Å². The van der Waals surface area contributed by atoms with Gasteiger partial charge in [-0.1, -0.05) is 28.1 Å². The van der Waals surface area contributed by atoms with Crippen LogP contribution in [0.15, 0.2) is 46.3 Å². The van der Waals surface area contributed by atoms with Crippen LogP contribution in [0, 0.1) is 22.9 Å². The van der Waals surface area contributed by atoms with E-state index in [0.717, 1.165) is 11.3 Å². The Balaban J connectivity index is 1.84. The Morgan fingerprint density at radius 1 is 1.31 bits per heavy atom. The maximum absolute atomic E-state index is 13.8. The van der Waals surface area contributed by atoms with E-state index in [1.54, 1.807) is 24.4 Å². The summed E-state index contributed by atoms with van der Waals surface area (Å²) >= 11 is 4.34. The van der Waals surface area contributed by atoms with Gasteiger partial charge in [-0.05, 0) is 25.1 Å². The molecule has 1 heterocycles. The van der Waals surface area contributed by atoms with Crippen molar-refractivity contribution >= 4 is 44.0 Å². The minimum absolute atomic E-state index is 0.00251. The summed E-state index contributed by atoms with van der Waals surface area (Å²) in [6, 6.07) is 8.86. The minimum Gasteiger partial charge on any atom is -0.298 e. The number of carbonyl (C=O) groups is 1. The summed E-state index contributed by atoms with van der Waals surface area (Å²) in [5.41, 5.74) is 1.49.